The van der Waals surface area contributed by atoms with E-state index in [1.54, 1.807) is 4.67 Å². The van der Waals surface area contributed by atoms with Crippen LogP contribution in [0.1, 0.15) is 17.0 Å². The number of amides is 1. The Morgan fingerprint density at radius 3 is 2.19 bits per heavy atom. The number of ether oxygens (including phenoxy) is 2. The molecule has 3 aliphatic rings. The zero-order valence-electron chi connectivity index (χ0n) is 22.0. The van der Waals surface area contributed by atoms with E-state index >= 15 is 0 Å². The molecule has 3 unspecified atom stereocenters. The van der Waals surface area contributed by atoms with Gasteiger partial charge < -0.3 is 19.3 Å². The lowest BCUT2D eigenvalue weighted by atomic mass is 9.95. The van der Waals surface area contributed by atoms with Gasteiger partial charge in [0.15, 0.2) is 0 Å². The van der Waals surface area contributed by atoms with E-state index in [9.17, 15) is 9.36 Å². The number of carbonyl (C=O) groups is 1. The molecule has 1 aliphatic carbocycles. The maximum atomic E-state index is 14.0. The van der Waals surface area contributed by atoms with Crippen LogP contribution in [-0.4, -0.2) is 118 Å². The van der Waals surface area contributed by atoms with E-state index < -0.39 is 7.44 Å². The number of fused-ring (bicyclic) bond motifs is 3. The molecule has 0 saturated carbocycles. The van der Waals surface area contributed by atoms with Gasteiger partial charge in [0.05, 0.1) is 18.6 Å². The highest BCUT2D eigenvalue weighted by Gasteiger charge is 2.40. The Morgan fingerprint density at radius 2 is 1.62 bits per heavy atom. The van der Waals surface area contributed by atoms with Gasteiger partial charge in [-0.15, -0.1) is 0 Å². The number of nitrogens with zero attached hydrogens (tertiary/aromatic N) is 4. The SMILES string of the molecule is [B]C1CN(C)CC(COCP(=O)(N(C)C)N2CCN(C(=O)C3c4ccccc4-c4ccccc43)CC2)O1. The molecule has 2 heterocycles. The highest BCUT2D eigenvalue weighted by molar-refractivity contribution is 7.58. The van der Waals surface area contributed by atoms with E-state index in [0.29, 0.717) is 39.3 Å². The first kappa shape index (κ1) is 26.6. The van der Waals surface area contributed by atoms with E-state index in [1.807, 2.05) is 55.0 Å². The predicted molar refractivity (Wildman–Crippen MR) is 146 cm³/mol. The average molecular weight is 522 g/mol. The number of hydrogen-bond acceptors (Lipinski definition) is 5. The minimum Gasteiger partial charge on any atom is -0.380 e. The van der Waals surface area contributed by atoms with Gasteiger partial charge in [-0.05, 0) is 43.4 Å². The van der Waals surface area contributed by atoms with Crippen LogP contribution in [0.2, 0.25) is 0 Å². The van der Waals surface area contributed by atoms with Crippen molar-refractivity contribution in [1.82, 2.24) is 19.1 Å². The van der Waals surface area contributed by atoms with Gasteiger partial charge in [0.2, 0.25) is 13.4 Å². The fourth-order valence-electron chi connectivity index (χ4n) is 5.74. The number of rotatable bonds is 7. The topological polar surface area (TPSA) is 65.6 Å². The van der Waals surface area contributed by atoms with Crippen LogP contribution >= 0.6 is 7.44 Å². The highest BCUT2D eigenvalue weighted by Crippen LogP contribution is 2.52. The summed E-state index contributed by atoms with van der Waals surface area (Å²) in [6.45, 7) is 3.89. The Bertz CT molecular complexity index is 1120. The van der Waals surface area contributed by atoms with Crippen molar-refractivity contribution in [1.29, 1.82) is 0 Å². The fourth-order valence-corrected chi connectivity index (χ4v) is 7.79. The number of likely N-dealkylation sites (N-methyl/N-ethyl adjacent to an activating group) is 1. The van der Waals surface area contributed by atoms with Crippen LogP contribution in [0.4, 0.5) is 0 Å². The Balaban J connectivity index is 1.22. The molecule has 2 fully saturated rings. The predicted octanol–water partition coefficient (Wildman–Crippen LogP) is 2.50. The third-order valence-corrected chi connectivity index (χ3v) is 10.7. The second kappa shape index (κ2) is 11.0. The molecule has 196 valence electrons. The van der Waals surface area contributed by atoms with Crippen molar-refractivity contribution in [3.8, 4) is 11.1 Å². The number of benzene rings is 2. The molecule has 8 nitrogen and oxygen atoms in total. The third kappa shape index (κ3) is 5.31. The largest absolute Gasteiger partial charge is 0.380 e. The van der Waals surface area contributed by atoms with Gasteiger partial charge in [-0.25, -0.2) is 9.34 Å². The summed E-state index contributed by atoms with van der Waals surface area (Å²) < 4.78 is 29.5. The summed E-state index contributed by atoms with van der Waals surface area (Å²) in [5.74, 6) is -0.175. The monoisotopic (exact) mass is 522 g/mol. The van der Waals surface area contributed by atoms with E-state index in [2.05, 4.69) is 29.2 Å². The maximum Gasteiger partial charge on any atom is 0.241 e. The van der Waals surface area contributed by atoms with Gasteiger partial charge in [-0.3, -0.25) is 9.36 Å². The molecule has 0 bridgehead atoms. The van der Waals surface area contributed by atoms with Crippen molar-refractivity contribution in [2.45, 2.75) is 18.0 Å². The molecular weight excluding hydrogens is 486 g/mol. The molecule has 2 aromatic carbocycles. The number of morpholine rings is 1. The molecule has 2 aromatic rings. The number of hydrogen-bond donors (Lipinski definition) is 0. The Labute approximate surface area is 221 Å². The van der Waals surface area contributed by atoms with E-state index in [1.165, 1.54) is 0 Å². The first-order valence-electron chi connectivity index (χ1n) is 12.9. The Hall–Kier alpha value is -2.00. The van der Waals surface area contributed by atoms with Gasteiger partial charge in [-0.2, -0.15) is 0 Å². The lowest BCUT2D eigenvalue weighted by molar-refractivity contribution is -0.133. The average Bonchev–Trinajstić information content (AvgIpc) is 3.22. The van der Waals surface area contributed by atoms with Crippen molar-refractivity contribution < 1.29 is 18.8 Å². The second-order valence-corrected chi connectivity index (χ2v) is 13.4. The molecular formula is C27H36BN4O4P. The van der Waals surface area contributed by atoms with Crippen LogP contribution in [0.25, 0.3) is 11.1 Å². The highest BCUT2D eigenvalue weighted by atomic mass is 31.2. The Morgan fingerprint density at radius 1 is 1.03 bits per heavy atom. The quantitative estimate of drug-likeness (QED) is 0.409. The summed E-state index contributed by atoms with van der Waals surface area (Å²) in [6, 6.07) is 16.0. The number of carbonyl (C=O) groups excluding carboxylic acids is 1. The van der Waals surface area contributed by atoms with E-state index in [4.69, 9.17) is 17.3 Å². The molecule has 5 rings (SSSR count). The summed E-state index contributed by atoms with van der Waals surface area (Å²) in [5, 5.41) is 0. The standard InChI is InChI=1S/C27H36BN4O4P/c1-29(2)37(34,19-35-18-20-16-30(3)17-25(28)36-20)32-14-12-31(13-15-32)27(33)26-23-10-6-4-8-21(23)22-9-5-7-11-24(22)26/h4-11,20,25-26H,12-19H2,1-3H3. The molecule has 1 amide bonds. The molecule has 2 radical (unpaired) electrons. The van der Waals surface area contributed by atoms with Crippen LogP contribution in [0.15, 0.2) is 48.5 Å². The smallest absolute Gasteiger partial charge is 0.241 e. The second-order valence-electron chi connectivity index (χ2n) is 10.4. The van der Waals surface area contributed by atoms with Crippen LogP contribution in [0, 0.1) is 0 Å². The first-order chi connectivity index (χ1) is 17.8. The zero-order valence-corrected chi connectivity index (χ0v) is 22.8. The van der Waals surface area contributed by atoms with Gasteiger partial charge in [0, 0.05) is 45.3 Å². The summed E-state index contributed by atoms with van der Waals surface area (Å²) >= 11 is 0. The molecule has 2 saturated heterocycles. The molecule has 37 heavy (non-hydrogen) atoms. The molecule has 0 aromatic heterocycles. The fraction of sp³-hybridized carbons (Fsp3) is 0.519. The van der Waals surface area contributed by atoms with Crippen molar-refractivity contribution in [3.05, 3.63) is 59.7 Å². The van der Waals surface area contributed by atoms with Gasteiger partial charge in [0.25, 0.3) is 0 Å². The normalized spacial score (nSPS) is 24.6. The Kier molecular flexibility index (Phi) is 7.92. The van der Waals surface area contributed by atoms with Gasteiger partial charge in [0.1, 0.15) is 14.2 Å². The lowest BCUT2D eigenvalue weighted by Crippen LogP contribution is -2.50. The van der Waals surface area contributed by atoms with Crippen LogP contribution in [0.3, 0.4) is 0 Å². The summed E-state index contributed by atoms with van der Waals surface area (Å²) in [4.78, 5) is 17.8. The van der Waals surface area contributed by atoms with Crippen LogP contribution in [0.5, 0.6) is 0 Å². The first-order valence-corrected chi connectivity index (χ1v) is 14.7. The van der Waals surface area contributed by atoms with E-state index in [-0.39, 0.29) is 30.3 Å². The van der Waals surface area contributed by atoms with E-state index in [0.717, 1.165) is 28.8 Å². The number of piperazine rings is 1. The third-order valence-electron chi connectivity index (χ3n) is 7.65. The van der Waals surface area contributed by atoms with Crippen molar-refractivity contribution in [2.24, 2.45) is 0 Å². The molecule has 0 spiro atoms. The molecule has 2 aliphatic heterocycles. The molecule has 0 N–H and O–H groups in total. The minimum atomic E-state index is -2.95. The van der Waals surface area contributed by atoms with Gasteiger partial charge in [-0.1, -0.05) is 48.5 Å². The molecule has 10 heteroatoms. The zero-order chi connectivity index (χ0) is 26.2. The van der Waals surface area contributed by atoms with Crippen molar-refractivity contribution >= 4 is 21.2 Å². The van der Waals surface area contributed by atoms with Crippen LogP contribution in [-0.2, 0) is 18.8 Å². The summed E-state index contributed by atoms with van der Waals surface area (Å²) in [7, 11) is 8.66. The van der Waals surface area contributed by atoms with Crippen LogP contribution < -0.4 is 0 Å². The van der Waals surface area contributed by atoms with Gasteiger partial charge >= 0.3 is 0 Å². The van der Waals surface area contributed by atoms with Crippen molar-refractivity contribution in [2.75, 3.05) is 73.4 Å². The van der Waals surface area contributed by atoms with Crippen molar-refractivity contribution in [3.63, 3.8) is 0 Å². The minimum absolute atomic E-state index is 0.107. The summed E-state index contributed by atoms with van der Waals surface area (Å²) in [6.07, 6.45) is -0.0353. The lowest BCUT2D eigenvalue weighted by Gasteiger charge is -2.42. The molecule has 3 atom stereocenters. The summed E-state index contributed by atoms with van der Waals surface area (Å²) in [5.41, 5.74) is 4.41. The maximum absolute atomic E-state index is 14.0.